The number of sulfonamides is 1. The van der Waals surface area contributed by atoms with Gasteiger partial charge in [-0.25, -0.2) is 12.7 Å². The fourth-order valence-electron chi connectivity index (χ4n) is 2.82. The average molecular weight is 316 g/mol. The van der Waals surface area contributed by atoms with Gasteiger partial charge in [0, 0.05) is 19.1 Å². The Morgan fingerprint density at radius 1 is 1.10 bits per heavy atom. The van der Waals surface area contributed by atoms with E-state index in [4.69, 9.17) is 5.11 Å². The van der Waals surface area contributed by atoms with Crippen LogP contribution in [0, 0.1) is 5.41 Å². The number of nitrogens with zero attached hydrogens (tertiary/aromatic N) is 1. The molecular weight excluding hydrogens is 296 g/mol. The number of amides is 1. The number of carbonyl (C=O) groups excluding carboxylic acids is 1. The van der Waals surface area contributed by atoms with Gasteiger partial charge in [0.15, 0.2) is 0 Å². The molecule has 1 saturated heterocycles. The molecule has 1 aliphatic heterocycles. The smallest absolute Gasteiger partial charge is 0.319 e. The van der Waals surface area contributed by atoms with E-state index >= 15 is 0 Å². The fraction of sp³-hybridized carbons (Fsp3) is 0.846. The van der Waals surface area contributed by atoms with E-state index in [1.807, 2.05) is 0 Å². The second-order valence-electron chi connectivity index (χ2n) is 6.28. The minimum Gasteiger partial charge on any atom is -0.480 e. The number of piperidine rings is 1. The third kappa shape index (κ3) is 2.66. The Balaban J connectivity index is 1.52. The largest absolute Gasteiger partial charge is 0.480 e. The summed E-state index contributed by atoms with van der Waals surface area (Å²) >= 11 is 0. The molecule has 3 aliphatic rings. The molecule has 0 atom stereocenters. The van der Waals surface area contributed by atoms with Crippen LogP contribution in [0.1, 0.15) is 38.5 Å². The molecule has 0 bridgehead atoms. The Kier molecular flexibility index (Phi) is 3.48. The fourth-order valence-corrected chi connectivity index (χ4v) is 4.69. The number of carbonyl (C=O) groups is 2. The van der Waals surface area contributed by atoms with Crippen molar-refractivity contribution in [3.8, 4) is 0 Å². The lowest BCUT2D eigenvalue weighted by molar-refractivity contribution is -0.149. The van der Waals surface area contributed by atoms with E-state index in [9.17, 15) is 18.0 Å². The number of hydrogen-bond donors (Lipinski definition) is 2. The normalized spacial score (nSPS) is 26.3. The number of nitrogens with one attached hydrogen (secondary N) is 1. The first-order valence-corrected chi connectivity index (χ1v) is 8.90. The SMILES string of the molecule is O=C(O)C1(C(=O)NC2CCN(S(=O)(=O)C3CC3)CC2)CC1. The molecule has 3 fully saturated rings. The molecule has 0 aromatic rings. The van der Waals surface area contributed by atoms with Crippen LogP contribution in [0.2, 0.25) is 0 Å². The zero-order valence-corrected chi connectivity index (χ0v) is 12.6. The molecule has 3 rings (SSSR count). The summed E-state index contributed by atoms with van der Waals surface area (Å²) in [5, 5.41) is 11.6. The van der Waals surface area contributed by atoms with Gasteiger partial charge < -0.3 is 10.4 Å². The first kappa shape index (κ1) is 14.8. The highest BCUT2D eigenvalue weighted by atomic mass is 32.2. The van der Waals surface area contributed by atoms with Crippen molar-refractivity contribution in [3.63, 3.8) is 0 Å². The molecule has 0 unspecified atom stereocenters. The Labute approximate surface area is 123 Å². The van der Waals surface area contributed by atoms with Gasteiger partial charge in [0.1, 0.15) is 5.41 Å². The maximum absolute atomic E-state index is 12.1. The van der Waals surface area contributed by atoms with Crippen LogP contribution in [0.15, 0.2) is 0 Å². The molecular formula is C13H20N2O5S. The van der Waals surface area contributed by atoms with Crippen LogP contribution in [-0.2, 0) is 19.6 Å². The van der Waals surface area contributed by atoms with Crippen LogP contribution in [0.3, 0.4) is 0 Å². The molecule has 1 heterocycles. The van der Waals surface area contributed by atoms with Crippen molar-refractivity contribution in [1.82, 2.24) is 9.62 Å². The highest BCUT2D eigenvalue weighted by Crippen LogP contribution is 2.46. The van der Waals surface area contributed by atoms with Gasteiger partial charge in [-0.05, 0) is 38.5 Å². The molecule has 2 N–H and O–H groups in total. The van der Waals surface area contributed by atoms with Crippen LogP contribution >= 0.6 is 0 Å². The van der Waals surface area contributed by atoms with E-state index in [1.54, 1.807) is 0 Å². The van der Waals surface area contributed by atoms with Gasteiger partial charge in [0.25, 0.3) is 0 Å². The summed E-state index contributed by atoms with van der Waals surface area (Å²) in [6, 6.07) is -0.125. The minimum absolute atomic E-state index is 0.125. The standard InChI is InChI=1S/C13H20N2O5S/c16-11(13(5-6-13)12(17)18)14-9-3-7-15(8-4-9)21(19,20)10-1-2-10/h9-10H,1-8H2,(H,14,16)(H,17,18). The number of rotatable bonds is 5. The van der Waals surface area contributed by atoms with Crippen LogP contribution in [0.5, 0.6) is 0 Å². The number of carboxylic acid groups (broad SMARTS) is 1. The van der Waals surface area contributed by atoms with E-state index in [0.717, 1.165) is 12.8 Å². The Hall–Kier alpha value is -1.15. The van der Waals surface area contributed by atoms with E-state index in [-0.39, 0.29) is 11.3 Å². The van der Waals surface area contributed by atoms with Gasteiger partial charge in [-0.2, -0.15) is 0 Å². The lowest BCUT2D eigenvalue weighted by Gasteiger charge is -2.32. The molecule has 0 aromatic heterocycles. The number of carboxylic acids is 1. The highest BCUT2D eigenvalue weighted by Gasteiger charge is 2.57. The van der Waals surface area contributed by atoms with Crippen LogP contribution in [0.4, 0.5) is 0 Å². The van der Waals surface area contributed by atoms with Crippen molar-refractivity contribution in [1.29, 1.82) is 0 Å². The summed E-state index contributed by atoms with van der Waals surface area (Å²) in [7, 11) is -3.14. The molecule has 7 nitrogen and oxygen atoms in total. The van der Waals surface area contributed by atoms with Crippen molar-refractivity contribution in [3.05, 3.63) is 0 Å². The van der Waals surface area contributed by atoms with E-state index in [2.05, 4.69) is 5.32 Å². The van der Waals surface area contributed by atoms with Crippen molar-refractivity contribution >= 4 is 21.9 Å². The lowest BCUT2D eigenvalue weighted by atomic mass is 10.0. The van der Waals surface area contributed by atoms with Crippen LogP contribution in [-0.4, -0.2) is 54.1 Å². The zero-order valence-electron chi connectivity index (χ0n) is 11.7. The Bertz CT molecular complexity index is 557. The summed E-state index contributed by atoms with van der Waals surface area (Å²) in [4.78, 5) is 23.1. The molecule has 0 spiro atoms. The number of hydrogen-bond acceptors (Lipinski definition) is 4. The molecule has 1 amide bonds. The first-order valence-electron chi connectivity index (χ1n) is 7.39. The van der Waals surface area contributed by atoms with Gasteiger partial charge in [0.2, 0.25) is 15.9 Å². The molecule has 2 saturated carbocycles. The second kappa shape index (κ2) is 4.95. The third-order valence-corrected chi connectivity index (χ3v) is 7.09. The van der Waals surface area contributed by atoms with Gasteiger partial charge in [-0.15, -0.1) is 0 Å². The van der Waals surface area contributed by atoms with Crippen LogP contribution < -0.4 is 5.32 Å². The van der Waals surface area contributed by atoms with E-state index in [1.165, 1.54) is 4.31 Å². The Morgan fingerprint density at radius 3 is 2.10 bits per heavy atom. The second-order valence-corrected chi connectivity index (χ2v) is 8.49. The van der Waals surface area contributed by atoms with Gasteiger partial charge in [-0.1, -0.05) is 0 Å². The molecule has 2 aliphatic carbocycles. The predicted molar refractivity (Wildman–Crippen MR) is 74.0 cm³/mol. The van der Waals surface area contributed by atoms with Crippen molar-refractivity contribution < 1.29 is 23.1 Å². The van der Waals surface area contributed by atoms with Gasteiger partial charge in [-0.3, -0.25) is 9.59 Å². The maximum Gasteiger partial charge on any atom is 0.319 e. The molecule has 0 aromatic carbocycles. The maximum atomic E-state index is 12.1. The number of aliphatic carboxylic acids is 1. The first-order chi connectivity index (χ1) is 9.86. The zero-order chi connectivity index (χ0) is 15.3. The monoisotopic (exact) mass is 316 g/mol. The summed E-state index contributed by atoms with van der Waals surface area (Å²) < 4.78 is 25.7. The predicted octanol–water partition coefficient (Wildman–Crippen LogP) is -0.0760. The summed E-state index contributed by atoms with van der Waals surface area (Å²) in [6.07, 6.45) is 3.38. The lowest BCUT2D eigenvalue weighted by Crippen LogP contribution is -2.49. The van der Waals surface area contributed by atoms with Gasteiger partial charge >= 0.3 is 5.97 Å². The van der Waals surface area contributed by atoms with Crippen LogP contribution in [0.25, 0.3) is 0 Å². The summed E-state index contributed by atoms with van der Waals surface area (Å²) in [5.74, 6) is -1.48. The van der Waals surface area contributed by atoms with Gasteiger partial charge in [0.05, 0.1) is 5.25 Å². The highest BCUT2D eigenvalue weighted by molar-refractivity contribution is 7.90. The molecule has 118 valence electrons. The Morgan fingerprint density at radius 2 is 1.67 bits per heavy atom. The van der Waals surface area contributed by atoms with Crippen molar-refractivity contribution in [2.24, 2.45) is 5.41 Å². The molecule has 8 heteroatoms. The van der Waals surface area contributed by atoms with E-state index < -0.39 is 27.3 Å². The average Bonchev–Trinajstić information content (AvgIpc) is 3.30. The topological polar surface area (TPSA) is 104 Å². The van der Waals surface area contributed by atoms with E-state index in [0.29, 0.717) is 38.8 Å². The van der Waals surface area contributed by atoms with Crippen molar-refractivity contribution in [2.45, 2.75) is 49.8 Å². The third-order valence-electron chi connectivity index (χ3n) is 4.69. The summed E-state index contributed by atoms with van der Waals surface area (Å²) in [5.41, 5.74) is -1.22. The molecule has 21 heavy (non-hydrogen) atoms. The quantitative estimate of drug-likeness (QED) is 0.691. The summed E-state index contributed by atoms with van der Waals surface area (Å²) in [6.45, 7) is 0.813. The minimum atomic E-state index is -3.14. The van der Waals surface area contributed by atoms with Crippen molar-refractivity contribution in [2.75, 3.05) is 13.1 Å². The molecule has 0 radical (unpaired) electrons.